The van der Waals surface area contributed by atoms with Crippen LogP contribution < -0.4 is 4.72 Å². The highest BCUT2D eigenvalue weighted by molar-refractivity contribution is 7.89. The van der Waals surface area contributed by atoms with Gasteiger partial charge in [0.2, 0.25) is 10.0 Å². The molecule has 5 rings (SSSR count). The molecule has 2 N–H and O–H groups in total. The second kappa shape index (κ2) is 10.7. The Labute approximate surface area is 229 Å². The van der Waals surface area contributed by atoms with Gasteiger partial charge in [-0.2, -0.15) is 13.9 Å². The number of halogens is 4. The zero-order valence-corrected chi connectivity index (χ0v) is 22.2. The summed E-state index contributed by atoms with van der Waals surface area (Å²) in [6.45, 7) is -2.79. The van der Waals surface area contributed by atoms with Gasteiger partial charge in [0.25, 0.3) is 0 Å². The minimum atomic E-state index is -3.96. The zero-order chi connectivity index (χ0) is 27.9. The monoisotopic (exact) mass is 600 g/mol. The number of benzene rings is 1. The van der Waals surface area contributed by atoms with Crippen molar-refractivity contribution in [1.29, 1.82) is 0 Å². The molecule has 39 heavy (non-hydrogen) atoms. The number of fused-ring (bicyclic) bond motifs is 1. The van der Waals surface area contributed by atoms with E-state index >= 15 is 0 Å². The number of rotatable bonds is 9. The van der Waals surface area contributed by atoms with Gasteiger partial charge in [0.15, 0.2) is 10.8 Å². The Morgan fingerprint density at radius 1 is 1.31 bits per heavy atom. The molecule has 2 atom stereocenters. The van der Waals surface area contributed by atoms with Crippen molar-refractivity contribution in [1.82, 2.24) is 24.4 Å². The molecule has 3 aromatic rings. The molecule has 16 heteroatoms. The Hall–Kier alpha value is -3.27. The molecule has 2 aromatic heterocycles. The molecule has 0 aliphatic carbocycles. The van der Waals surface area contributed by atoms with E-state index in [-0.39, 0.29) is 23.7 Å². The molecule has 2 aliphatic heterocycles. The maximum atomic E-state index is 13.9. The third kappa shape index (κ3) is 5.71. The van der Waals surface area contributed by atoms with Crippen molar-refractivity contribution in [3.8, 4) is 0 Å². The molecule has 1 aromatic carbocycles. The lowest BCUT2D eigenvalue weighted by molar-refractivity contribution is -0.136. The number of aliphatic imine (C=N–C) groups is 1. The number of thiazole rings is 1. The predicted molar refractivity (Wildman–Crippen MR) is 137 cm³/mol. The normalized spacial score (nSPS) is 19.5. The van der Waals surface area contributed by atoms with E-state index in [0.717, 1.165) is 12.3 Å². The largest absolute Gasteiger partial charge is 0.481 e. The molecule has 0 spiro atoms. The summed E-state index contributed by atoms with van der Waals surface area (Å²) in [4.78, 5) is 21.9. The highest BCUT2D eigenvalue weighted by Gasteiger charge is 2.42. The third-order valence-corrected chi connectivity index (χ3v) is 8.69. The van der Waals surface area contributed by atoms with Crippen LogP contribution in [-0.4, -0.2) is 63.3 Å². The standard InChI is InChI=1S/C23H20ClF3N6O4S2/c24-15-9-12(25)1-2-14(15)20-19(16-3-6-33(30-16)23(26)27)17-10-13(31-39(36,37)8-4-18(34)35)11-32(17)21(29-20)22-28-5-7-38-22/h1-3,5-7,9,13,20,23,31H,4,8,10-11H2,(H,34,35)/t13-,20-/m0/s1. The van der Waals surface area contributed by atoms with E-state index < -0.39 is 52.6 Å². The van der Waals surface area contributed by atoms with Crippen LogP contribution in [0.1, 0.15) is 41.7 Å². The summed E-state index contributed by atoms with van der Waals surface area (Å²) in [5.74, 6) is -2.03. The maximum Gasteiger partial charge on any atom is 0.333 e. The molecule has 10 nitrogen and oxygen atoms in total. The number of hydrogen-bond donors (Lipinski definition) is 2. The SMILES string of the molecule is O=C(O)CCS(=O)(=O)N[C@H]1CC2=C(c3ccn(C(F)F)n3)[C@H](c3ccc(F)cc3Cl)N=C(c3nccs3)N2C1. The second-order valence-corrected chi connectivity index (χ2v) is 11.9. The van der Waals surface area contributed by atoms with Gasteiger partial charge in [0.1, 0.15) is 11.9 Å². The number of hydrogen-bond acceptors (Lipinski definition) is 8. The number of aliphatic carboxylic acids is 1. The van der Waals surface area contributed by atoms with Crippen LogP contribution in [0.15, 0.2) is 52.7 Å². The molecule has 1 saturated heterocycles. The lowest BCUT2D eigenvalue weighted by Crippen LogP contribution is -2.40. The summed E-state index contributed by atoms with van der Waals surface area (Å²) in [5.41, 5.74) is 1.50. The summed E-state index contributed by atoms with van der Waals surface area (Å²) < 4.78 is 69.0. The molecule has 206 valence electrons. The second-order valence-electron chi connectivity index (χ2n) is 8.77. The summed E-state index contributed by atoms with van der Waals surface area (Å²) in [6.07, 6.45) is 2.24. The lowest BCUT2D eigenvalue weighted by Gasteiger charge is -2.32. The first kappa shape index (κ1) is 27.3. The smallest absolute Gasteiger partial charge is 0.333 e. The number of alkyl halides is 2. The highest BCUT2D eigenvalue weighted by atomic mass is 35.5. The van der Waals surface area contributed by atoms with E-state index in [2.05, 4.69) is 14.8 Å². The fourth-order valence-electron chi connectivity index (χ4n) is 4.57. The average molecular weight is 601 g/mol. The van der Waals surface area contributed by atoms with Crippen molar-refractivity contribution in [2.24, 2.45) is 4.99 Å². The van der Waals surface area contributed by atoms with E-state index in [1.54, 1.807) is 16.5 Å². The molecule has 0 radical (unpaired) electrons. The van der Waals surface area contributed by atoms with Gasteiger partial charge in [-0.25, -0.2) is 27.2 Å². The summed E-state index contributed by atoms with van der Waals surface area (Å²) >= 11 is 7.71. The van der Waals surface area contributed by atoms with Gasteiger partial charge in [-0.15, -0.1) is 11.3 Å². The van der Waals surface area contributed by atoms with Crippen molar-refractivity contribution in [2.75, 3.05) is 12.3 Å². The van der Waals surface area contributed by atoms with Crippen LogP contribution >= 0.6 is 22.9 Å². The summed E-state index contributed by atoms with van der Waals surface area (Å²) in [5, 5.41) is 15.2. The highest BCUT2D eigenvalue weighted by Crippen LogP contribution is 2.46. The number of sulfonamides is 1. The van der Waals surface area contributed by atoms with Crippen molar-refractivity contribution >= 4 is 50.3 Å². The van der Waals surface area contributed by atoms with Crippen LogP contribution in [0, 0.1) is 5.82 Å². The summed E-state index contributed by atoms with van der Waals surface area (Å²) in [6, 6.07) is 3.58. The number of carboxylic acid groups (broad SMARTS) is 1. The third-order valence-electron chi connectivity index (χ3n) is 6.16. The van der Waals surface area contributed by atoms with Gasteiger partial charge in [-0.1, -0.05) is 17.7 Å². The van der Waals surface area contributed by atoms with Crippen LogP contribution in [0.4, 0.5) is 13.2 Å². The quantitative estimate of drug-likeness (QED) is 0.381. The van der Waals surface area contributed by atoms with Gasteiger partial charge in [-0.3, -0.25) is 9.79 Å². The number of nitrogens with one attached hydrogen (secondary N) is 1. The summed E-state index contributed by atoms with van der Waals surface area (Å²) in [7, 11) is -3.96. The number of carbonyl (C=O) groups is 1. The number of carboxylic acids is 1. The molecular weight excluding hydrogens is 581 g/mol. The van der Waals surface area contributed by atoms with Gasteiger partial charge in [0.05, 0.1) is 17.9 Å². The number of aromatic nitrogens is 3. The van der Waals surface area contributed by atoms with E-state index in [1.807, 2.05) is 0 Å². The fraction of sp³-hybridized carbons (Fsp3) is 0.304. The molecule has 2 aliphatic rings. The van der Waals surface area contributed by atoms with Gasteiger partial charge in [-0.05, 0) is 18.2 Å². The Bertz CT molecular complexity index is 1580. The van der Waals surface area contributed by atoms with Crippen molar-refractivity contribution in [2.45, 2.75) is 31.5 Å². The van der Waals surface area contributed by atoms with E-state index in [0.29, 0.717) is 32.4 Å². The minimum absolute atomic E-state index is 0.0611. The fourth-order valence-corrected chi connectivity index (χ4v) is 6.71. The first-order valence-corrected chi connectivity index (χ1v) is 14.4. The van der Waals surface area contributed by atoms with Crippen molar-refractivity contribution in [3.63, 3.8) is 0 Å². The Kier molecular flexibility index (Phi) is 7.50. The lowest BCUT2D eigenvalue weighted by atomic mass is 9.92. The van der Waals surface area contributed by atoms with E-state index in [9.17, 15) is 26.4 Å². The molecule has 0 bridgehead atoms. The molecule has 0 unspecified atom stereocenters. The van der Waals surface area contributed by atoms with Crippen LogP contribution in [0.3, 0.4) is 0 Å². The van der Waals surface area contributed by atoms with E-state index in [1.165, 1.54) is 29.5 Å². The van der Waals surface area contributed by atoms with Crippen molar-refractivity contribution in [3.05, 3.63) is 74.8 Å². The molecule has 0 saturated carbocycles. The van der Waals surface area contributed by atoms with Gasteiger partial charge < -0.3 is 10.0 Å². The molecule has 0 amide bonds. The maximum absolute atomic E-state index is 13.9. The minimum Gasteiger partial charge on any atom is -0.481 e. The number of nitrogens with zero attached hydrogens (tertiary/aromatic N) is 5. The zero-order valence-electron chi connectivity index (χ0n) is 19.8. The first-order chi connectivity index (χ1) is 18.5. The van der Waals surface area contributed by atoms with Gasteiger partial charge >= 0.3 is 12.5 Å². The van der Waals surface area contributed by atoms with Crippen LogP contribution in [0.2, 0.25) is 5.02 Å². The van der Waals surface area contributed by atoms with Crippen molar-refractivity contribution < 1.29 is 31.5 Å². The molecular formula is C23H20ClF3N6O4S2. The van der Waals surface area contributed by atoms with Crippen LogP contribution in [0.5, 0.6) is 0 Å². The molecule has 1 fully saturated rings. The Balaban J connectivity index is 1.64. The van der Waals surface area contributed by atoms with Gasteiger partial charge in [0, 0.05) is 58.6 Å². The topological polar surface area (TPSA) is 130 Å². The predicted octanol–water partition coefficient (Wildman–Crippen LogP) is 3.91. The Morgan fingerprint density at radius 2 is 2.10 bits per heavy atom. The Morgan fingerprint density at radius 3 is 2.74 bits per heavy atom. The van der Waals surface area contributed by atoms with Crippen LogP contribution in [-0.2, 0) is 14.8 Å². The average Bonchev–Trinajstić information content (AvgIpc) is 3.62. The van der Waals surface area contributed by atoms with E-state index in [4.69, 9.17) is 21.7 Å². The number of amidine groups is 1. The first-order valence-electron chi connectivity index (χ1n) is 11.5. The molecule has 4 heterocycles. The van der Waals surface area contributed by atoms with Crippen LogP contribution in [0.25, 0.3) is 5.57 Å².